The zero-order valence-corrected chi connectivity index (χ0v) is 14.3. The molecule has 0 radical (unpaired) electrons. The van der Waals surface area contributed by atoms with Gasteiger partial charge < -0.3 is 10.6 Å². The Bertz CT molecular complexity index is 706. The second-order valence-corrected chi connectivity index (χ2v) is 7.08. The van der Waals surface area contributed by atoms with E-state index in [1.54, 1.807) is 18.8 Å². The average molecular weight is 384 g/mol. The maximum Gasteiger partial charge on any atom is 0.246 e. The maximum absolute atomic E-state index is 11.9. The number of benzene rings is 2. The van der Waals surface area contributed by atoms with Gasteiger partial charge in [0.05, 0.1) is 5.02 Å². The van der Waals surface area contributed by atoms with Crippen LogP contribution >= 0.6 is 39.3 Å². The first kappa shape index (κ1) is 14.9. The molecule has 0 saturated carbocycles. The van der Waals surface area contributed by atoms with Crippen LogP contribution in [0.4, 0.5) is 5.69 Å². The van der Waals surface area contributed by atoms with Crippen molar-refractivity contribution < 1.29 is 4.79 Å². The van der Waals surface area contributed by atoms with Crippen LogP contribution in [0.5, 0.6) is 0 Å². The third-order valence-corrected chi connectivity index (χ3v) is 5.28. The first-order valence-corrected chi connectivity index (χ1v) is 8.32. The molecule has 1 aliphatic heterocycles. The molecular formula is C15H12BrClN2OS. The lowest BCUT2D eigenvalue weighted by Gasteiger charge is -2.10. The summed E-state index contributed by atoms with van der Waals surface area (Å²) >= 11 is 11.4. The Hall–Kier alpha value is -1.01. The summed E-state index contributed by atoms with van der Waals surface area (Å²) in [5, 5.41) is 6.52. The maximum atomic E-state index is 11.9. The van der Waals surface area contributed by atoms with Crippen LogP contribution < -0.4 is 10.6 Å². The Morgan fingerprint density at radius 1 is 1.29 bits per heavy atom. The molecule has 0 bridgehead atoms. The molecule has 1 amide bonds. The summed E-state index contributed by atoms with van der Waals surface area (Å²) in [4.78, 5) is 13.9. The van der Waals surface area contributed by atoms with Gasteiger partial charge in [-0.1, -0.05) is 39.3 Å². The van der Waals surface area contributed by atoms with Crippen molar-refractivity contribution in [3.8, 4) is 0 Å². The van der Waals surface area contributed by atoms with Gasteiger partial charge in [0.2, 0.25) is 5.91 Å². The van der Waals surface area contributed by atoms with E-state index in [9.17, 15) is 4.79 Å². The van der Waals surface area contributed by atoms with E-state index in [0.717, 1.165) is 25.5 Å². The lowest BCUT2D eigenvalue weighted by molar-refractivity contribution is -0.117. The van der Waals surface area contributed by atoms with Gasteiger partial charge in [0.1, 0.15) is 6.04 Å². The predicted molar refractivity (Wildman–Crippen MR) is 90.1 cm³/mol. The van der Waals surface area contributed by atoms with E-state index in [4.69, 9.17) is 11.6 Å². The van der Waals surface area contributed by atoms with Gasteiger partial charge in [0, 0.05) is 25.5 Å². The number of anilines is 1. The Labute approximate surface area is 140 Å². The Morgan fingerprint density at radius 2 is 2.00 bits per heavy atom. The molecule has 2 aromatic carbocycles. The van der Waals surface area contributed by atoms with Crippen LogP contribution in [0.3, 0.4) is 0 Å². The number of carbonyl (C=O) groups is 1. The number of hydrogen-bond donors (Lipinski definition) is 2. The van der Waals surface area contributed by atoms with Crippen molar-refractivity contribution in [3.05, 3.63) is 51.5 Å². The number of carbonyl (C=O) groups excluding carboxylic acids is 1. The summed E-state index contributed by atoms with van der Waals surface area (Å²) in [5.74, 6) is -0.0469. The number of rotatable bonds is 3. The number of likely N-dealkylation sites (N-methyl/N-ethyl adjacent to an activating group) is 1. The van der Waals surface area contributed by atoms with Crippen LogP contribution in [0.25, 0.3) is 0 Å². The van der Waals surface area contributed by atoms with Crippen molar-refractivity contribution in [2.45, 2.75) is 15.8 Å². The molecule has 0 aromatic heterocycles. The van der Waals surface area contributed by atoms with Gasteiger partial charge >= 0.3 is 0 Å². The molecule has 2 aromatic rings. The minimum atomic E-state index is -0.329. The first-order chi connectivity index (χ1) is 10.1. The van der Waals surface area contributed by atoms with Gasteiger partial charge in [-0.3, -0.25) is 4.79 Å². The van der Waals surface area contributed by atoms with E-state index in [0.29, 0.717) is 5.02 Å². The second kappa shape index (κ2) is 6.01. The highest BCUT2D eigenvalue weighted by atomic mass is 79.9. The normalized spacial score (nSPS) is 16.7. The summed E-state index contributed by atoms with van der Waals surface area (Å²) < 4.78 is 1.04. The fourth-order valence-corrected chi connectivity index (χ4v) is 3.67. The number of halogens is 2. The van der Waals surface area contributed by atoms with Gasteiger partial charge in [-0.15, -0.1) is 0 Å². The topological polar surface area (TPSA) is 41.1 Å². The van der Waals surface area contributed by atoms with E-state index >= 15 is 0 Å². The van der Waals surface area contributed by atoms with Crippen LogP contribution in [0.2, 0.25) is 5.02 Å². The molecule has 0 saturated heterocycles. The zero-order valence-electron chi connectivity index (χ0n) is 11.1. The van der Waals surface area contributed by atoms with Gasteiger partial charge in [-0.25, -0.2) is 0 Å². The molecule has 108 valence electrons. The monoisotopic (exact) mass is 382 g/mol. The van der Waals surface area contributed by atoms with E-state index in [-0.39, 0.29) is 11.9 Å². The SMILES string of the molecule is CNC1C(=O)Nc2cc(Sc3ccc(Br)cc3)c(Cl)cc21. The third-order valence-electron chi connectivity index (χ3n) is 3.27. The van der Waals surface area contributed by atoms with Crippen LogP contribution in [-0.2, 0) is 4.79 Å². The van der Waals surface area contributed by atoms with Crippen molar-refractivity contribution in [2.24, 2.45) is 0 Å². The van der Waals surface area contributed by atoms with Crippen LogP contribution in [0, 0.1) is 0 Å². The lowest BCUT2D eigenvalue weighted by atomic mass is 10.1. The molecule has 0 fully saturated rings. The molecular weight excluding hydrogens is 372 g/mol. The summed E-state index contributed by atoms with van der Waals surface area (Å²) in [6.45, 7) is 0. The molecule has 2 N–H and O–H groups in total. The van der Waals surface area contributed by atoms with E-state index in [2.05, 4.69) is 26.6 Å². The number of nitrogens with one attached hydrogen (secondary N) is 2. The fourth-order valence-electron chi connectivity index (χ4n) is 2.26. The molecule has 0 aliphatic carbocycles. The fraction of sp³-hybridized carbons (Fsp3) is 0.133. The first-order valence-electron chi connectivity index (χ1n) is 6.33. The summed E-state index contributed by atoms with van der Waals surface area (Å²) in [7, 11) is 1.76. The largest absolute Gasteiger partial charge is 0.324 e. The molecule has 1 aliphatic rings. The minimum absolute atomic E-state index is 0.0469. The molecule has 1 heterocycles. The van der Waals surface area contributed by atoms with Crippen molar-refractivity contribution in [2.75, 3.05) is 12.4 Å². The molecule has 3 nitrogen and oxygen atoms in total. The van der Waals surface area contributed by atoms with Gasteiger partial charge in [0.15, 0.2) is 0 Å². The zero-order chi connectivity index (χ0) is 15.0. The van der Waals surface area contributed by atoms with Crippen LogP contribution in [0.1, 0.15) is 11.6 Å². The van der Waals surface area contributed by atoms with Crippen LogP contribution in [-0.4, -0.2) is 13.0 Å². The quantitative estimate of drug-likeness (QED) is 0.822. The molecule has 3 rings (SSSR count). The van der Waals surface area contributed by atoms with E-state index in [1.807, 2.05) is 36.4 Å². The summed E-state index contributed by atoms with van der Waals surface area (Å²) in [5.41, 5.74) is 1.72. The van der Waals surface area contributed by atoms with Gasteiger partial charge in [0.25, 0.3) is 0 Å². The standard InChI is InChI=1S/C15H12BrClN2OS/c1-18-14-10-6-11(17)13(7-12(10)19-15(14)20)21-9-4-2-8(16)3-5-9/h2-7,14,18H,1H3,(H,19,20). The Kier molecular flexibility index (Phi) is 4.26. The van der Waals surface area contributed by atoms with Gasteiger partial charge in [-0.05, 0) is 43.4 Å². The smallest absolute Gasteiger partial charge is 0.246 e. The highest BCUT2D eigenvalue weighted by molar-refractivity contribution is 9.10. The van der Waals surface area contributed by atoms with E-state index < -0.39 is 0 Å². The number of hydrogen-bond acceptors (Lipinski definition) is 3. The Morgan fingerprint density at radius 3 is 2.67 bits per heavy atom. The summed E-state index contributed by atoms with van der Waals surface area (Å²) in [6, 6.07) is 11.5. The number of amides is 1. The predicted octanol–water partition coefficient (Wildman–Crippen LogP) is 4.47. The Balaban J connectivity index is 1.93. The molecule has 1 atom stereocenters. The highest BCUT2D eigenvalue weighted by Gasteiger charge is 2.30. The molecule has 6 heteroatoms. The van der Waals surface area contributed by atoms with Crippen LogP contribution in [0.15, 0.2) is 50.7 Å². The van der Waals surface area contributed by atoms with Crippen molar-refractivity contribution >= 4 is 50.9 Å². The third kappa shape index (κ3) is 2.97. The van der Waals surface area contributed by atoms with Crippen molar-refractivity contribution in [1.29, 1.82) is 0 Å². The van der Waals surface area contributed by atoms with E-state index in [1.165, 1.54) is 0 Å². The average Bonchev–Trinajstić information content (AvgIpc) is 2.76. The van der Waals surface area contributed by atoms with Crippen molar-refractivity contribution in [3.63, 3.8) is 0 Å². The highest BCUT2D eigenvalue weighted by Crippen LogP contribution is 2.41. The molecule has 1 unspecified atom stereocenters. The number of fused-ring (bicyclic) bond motifs is 1. The summed E-state index contributed by atoms with van der Waals surface area (Å²) in [6.07, 6.45) is 0. The second-order valence-electron chi connectivity index (χ2n) is 4.64. The molecule has 0 spiro atoms. The van der Waals surface area contributed by atoms with Gasteiger partial charge in [-0.2, -0.15) is 0 Å². The molecule has 21 heavy (non-hydrogen) atoms. The minimum Gasteiger partial charge on any atom is -0.324 e. The lowest BCUT2D eigenvalue weighted by Crippen LogP contribution is -2.23. The van der Waals surface area contributed by atoms with Crippen molar-refractivity contribution in [1.82, 2.24) is 5.32 Å².